The van der Waals surface area contributed by atoms with Crippen LogP contribution in [-0.2, 0) is 0 Å². The molecule has 0 aliphatic rings. The number of aryl methyl sites for hydroxylation is 2. The van der Waals surface area contributed by atoms with Gasteiger partial charge in [-0.3, -0.25) is 4.79 Å². The summed E-state index contributed by atoms with van der Waals surface area (Å²) >= 11 is 3.56. The number of hydrazone groups is 1. The van der Waals surface area contributed by atoms with Crippen molar-refractivity contribution in [1.29, 1.82) is 0 Å². The Hall–Kier alpha value is -3.38. The number of amides is 1. The Morgan fingerprint density at radius 2 is 1.75 bits per heavy atom. The average Bonchev–Trinajstić information content (AvgIpc) is 3.07. The Bertz CT molecular complexity index is 1350. The van der Waals surface area contributed by atoms with E-state index in [-0.39, 0.29) is 5.91 Å². The molecule has 1 N–H and O–H groups in total. The van der Waals surface area contributed by atoms with Gasteiger partial charge >= 0.3 is 0 Å². The molecule has 0 saturated carbocycles. The van der Waals surface area contributed by atoms with E-state index >= 15 is 0 Å². The number of methoxy groups -OCH3 is 1. The molecule has 0 spiro atoms. The first kappa shape index (κ1) is 21.8. The molecule has 4 rings (SSSR count). The van der Waals surface area contributed by atoms with E-state index in [1.54, 1.807) is 13.3 Å². The van der Waals surface area contributed by atoms with Crippen LogP contribution in [0.5, 0.6) is 5.75 Å². The van der Waals surface area contributed by atoms with E-state index in [4.69, 9.17) is 4.74 Å². The molecule has 0 radical (unpaired) electrons. The van der Waals surface area contributed by atoms with Gasteiger partial charge in [0.05, 0.1) is 18.9 Å². The van der Waals surface area contributed by atoms with E-state index in [1.807, 2.05) is 43.3 Å². The number of nitrogens with zero attached hydrogens (tertiary/aromatic N) is 2. The number of carbonyl (C=O) groups excluding carboxylic acids is 1. The quantitative estimate of drug-likeness (QED) is 0.272. The molecule has 5 nitrogen and oxygen atoms in total. The summed E-state index contributed by atoms with van der Waals surface area (Å²) in [5.74, 6) is 0.196. The van der Waals surface area contributed by atoms with Gasteiger partial charge in [-0.2, -0.15) is 5.10 Å². The highest BCUT2D eigenvalue weighted by atomic mass is 79.9. The normalized spacial score (nSPS) is 11.3. The molecular weight excluding hydrogens is 466 g/mol. The number of ether oxygens (including phenoxy) is 1. The van der Waals surface area contributed by atoms with Crippen LogP contribution in [0, 0.1) is 20.8 Å². The van der Waals surface area contributed by atoms with E-state index in [9.17, 15) is 4.79 Å². The first-order valence-corrected chi connectivity index (χ1v) is 11.0. The highest BCUT2D eigenvalue weighted by Gasteiger charge is 2.14. The van der Waals surface area contributed by atoms with Gasteiger partial charge in [0.2, 0.25) is 0 Å². The molecule has 6 heteroatoms. The summed E-state index contributed by atoms with van der Waals surface area (Å²) in [6.07, 6.45) is 1.68. The van der Waals surface area contributed by atoms with Crippen molar-refractivity contribution in [2.75, 3.05) is 7.11 Å². The van der Waals surface area contributed by atoms with Gasteiger partial charge in [0.25, 0.3) is 5.91 Å². The van der Waals surface area contributed by atoms with E-state index < -0.39 is 0 Å². The van der Waals surface area contributed by atoms with Crippen LogP contribution >= 0.6 is 15.9 Å². The van der Waals surface area contributed by atoms with Crippen molar-refractivity contribution in [3.8, 4) is 11.4 Å². The van der Waals surface area contributed by atoms with Crippen LogP contribution in [0.25, 0.3) is 16.5 Å². The minimum Gasteiger partial charge on any atom is -0.496 e. The fourth-order valence-corrected chi connectivity index (χ4v) is 4.12. The third-order valence-corrected chi connectivity index (χ3v) is 6.44. The Morgan fingerprint density at radius 1 is 1.03 bits per heavy atom. The van der Waals surface area contributed by atoms with Crippen LogP contribution in [0.2, 0.25) is 0 Å². The second-order valence-corrected chi connectivity index (χ2v) is 8.55. The summed E-state index contributed by atoms with van der Waals surface area (Å²) in [6.45, 7) is 6.17. The van der Waals surface area contributed by atoms with Crippen molar-refractivity contribution in [1.82, 2.24) is 9.99 Å². The van der Waals surface area contributed by atoms with Gasteiger partial charge in [-0.05, 0) is 73.5 Å². The number of carbonyl (C=O) groups is 1. The van der Waals surface area contributed by atoms with E-state index in [1.165, 1.54) is 5.56 Å². The zero-order chi connectivity index (χ0) is 22.8. The van der Waals surface area contributed by atoms with Crippen molar-refractivity contribution in [3.63, 3.8) is 0 Å². The summed E-state index contributed by atoms with van der Waals surface area (Å²) in [6, 6.07) is 19.9. The second kappa shape index (κ2) is 9.01. The van der Waals surface area contributed by atoms with Crippen molar-refractivity contribution >= 4 is 38.8 Å². The van der Waals surface area contributed by atoms with E-state index in [0.717, 1.165) is 37.9 Å². The number of hydrogen-bond acceptors (Lipinski definition) is 3. The molecule has 1 heterocycles. The van der Waals surface area contributed by atoms with Crippen LogP contribution in [0.4, 0.5) is 0 Å². The maximum Gasteiger partial charge on any atom is 0.275 e. The summed E-state index contributed by atoms with van der Waals surface area (Å²) in [5.41, 5.74) is 8.41. The van der Waals surface area contributed by atoms with Crippen LogP contribution in [0.1, 0.15) is 32.9 Å². The largest absolute Gasteiger partial charge is 0.496 e. The highest BCUT2D eigenvalue weighted by molar-refractivity contribution is 9.10. The molecule has 0 unspecified atom stereocenters. The summed E-state index contributed by atoms with van der Waals surface area (Å²) in [5, 5.41) is 6.20. The number of halogens is 1. The van der Waals surface area contributed by atoms with Crippen molar-refractivity contribution < 1.29 is 9.53 Å². The molecular formula is C26H24BrN3O2. The predicted molar refractivity (Wildman–Crippen MR) is 133 cm³/mol. The number of nitrogens with one attached hydrogen (secondary N) is 1. The fraction of sp³-hybridized carbons (Fsp3) is 0.154. The zero-order valence-electron chi connectivity index (χ0n) is 18.4. The smallest absolute Gasteiger partial charge is 0.275 e. The number of benzene rings is 3. The minimum atomic E-state index is -0.318. The number of aromatic nitrogens is 1. The molecule has 1 amide bonds. The predicted octanol–water partition coefficient (Wildman–Crippen LogP) is 6.09. The molecule has 0 aliphatic carbocycles. The minimum absolute atomic E-state index is 0.318. The van der Waals surface area contributed by atoms with Crippen molar-refractivity contribution in [2.24, 2.45) is 5.10 Å². The van der Waals surface area contributed by atoms with Gasteiger partial charge < -0.3 is 9.30 Å². The molecule has 32 heavy (non-hydrogen) atoms. The summed E-state index contributed by atoms with van der Waals surface area (Å²) in [4.78, 5) is 12.8. The van der Waals surface area contributed by atoms with Crippen molar-refractivity contribution in [2.45, 2.75) is 20.8 Å². The molecule has 4 aromatic rings. The van der Waals surface area contributed by atoms with E-state index in [0.29, 0.717) is 11.3 Å². The topological polar surface area (TPSA) is 55.6 Å². The molecule has 0 saturated heterocycles. The number of fused-ring (bicyclic) bond motifs is 1. The first-order valence-electron chi connectivity index (χ1n) is 10.2. The lowest BCUT2D eigenvalue weighted by molar-refractivity contribution is 0.0952. The monoisotopic (exact) mass is 489 g/mol. The number of rotatable bonds is 5. The molecule has 0 bridgehead atoms. The summed E-state index contributed by atoms with van der Waals surface area (Å²) < 4.78 is 8.68. The highest BCUT2D eigenvalue weighted by Crippen LogP contribution is 2.26. The standard InChI is InChI=1S/C26H24BrN3O2/c1-16-11-22(9-10-24(16)27)30-17(2)12-21(18(30)3)15-28-29-26(31)23-13-19-7-5-6-8-20(19)14-25(23)32-4/h5-15H,1-4H3,(H,29,31). The SMILES string of the molecule is COc1cc2ccccc2cc1C(=O)NN=Cc1cc(C)n(-c2ccc(Br)c(C)c2)c1C. The van der Waals surface area contributed by atoms with Crippen LogP contribution < -0.4 is 10.2 Å². The third kappa shape index (κ3) is 4.18. The van der Waals surface area contributed by atoms with Crippen LogP contribution in [0.15, 0.2) is 70.2 Å². The Morgan fingerprint density at radius 3 is 2.44 bits per heavy atom. The van der Waals surface area contributed by atoms with Gasteiger partial charge in [-0.15, -0.1) is 0 Å². The van der Waals surface area contributed by atoms with E-state index in [2.05, 4.69) is 69.1 Å². The molecule has 0 aliphatic heterocycles. The summed E-state index contributed by atoms with van der Waals surface area (Å²) in [7, 11) is 1.56. The van der Waals surface area contributed by atoms with Crippen LogP contribution in [0.3, 0.4) is 0 Å². The Kier molecular flexibility index (Phi) is 6.15. The molecule has 162 valence electrons. The lowest BCUT2D eigenvalue weighted by atomic mass is 10.1. The Balaban J connectivity index is 1.58. The maximum atomic E-state index is 12.8. The Labute approximate surface area is 195 Å². The molecule has 3 aromatic carbocycles. The average molecular weight is 490 g/mol. The van der Waals surface area contributed by atoms with Crippen LogP contribution in [-0.4, -0.2) is 23.8 Å². The van der Waals surface area contributed by atoms with Gasteiger partial charge in [-0.1, -0.05) is 40.2 Å². The fourth-order valence-electron chi connectivity index (χ4n) is 3.87. The third-order valence-electron chi connectivity index (χ3n) is 5.55. The van der Waals surface area contributed by atoms with Gasteiger partial charge in [0.15, 0.2) is 0 Å². The van der Waals surface area contributed by atoms with Crippen molar-refractivity contribution in [3.05, 3.63) is 93.2 Å². The molecule has 1 aromatic heterocycles. The second-order valence-electron chi connectivity index (χ2n) is 7.69. The van der Waals surface area contributed by atoms with Gasteiger partial charge in [-0.25, -0.2) is 5.43 Å². The van der Waals surface area contributed by atoms with Gasteiger partial charge in [0, 0.05) is 27.1 Å². The lowest BCUT2D eigenvalue weighted by Gasteiger charge is -2.11. The molecule has 0 atom stereocenters. The zero-order valence-corrected chi connectivity index (χ0v) is 20.0. The lowest BCUT2D eigenvalue weighted by Crippen LogP contribution is -2.18. The molecule has 0 fully saturated rings. The first-order chi connectivity index (χ1) is 15.4. The maximum absolute atomic E-state index is 12.8. The number of hydrogen-bond donors (Lipinski definition) is 1. The van der Waals surface area contributed by atoms with Gasteiger partial charge in [0.1, 0.15) is 5.75 Å².